The van der Waals surface area contributed by atoms with Gasteiger partial charge in [0.25, 0.3) is 0 Å². The van der Waals surface area contributed by atoms with Gasteiger partial charge in [0.1, 0.15) is 0 Å². The zero-order valence-corrected chi connectivity index (χ0v) is 30.2. The summed E-state index contributed by atoms with van der Waals surface area (Å²) in [6, 6.07) is 56.3. The van der Waals surface area contributed by atoms with Gasteiger partial charge in [-0.25, -0.2) is 0 Å². The highest BCUT2D eigenvalue weighted by Crippen LogP contribution is 2.64. The second kappa shape index (κ2) is 10.4. The molecular formula is C52H33N3. The Balaban J connectivity index is 1.25. The fourth-order valence-corrected chi connectivity index (χ4v) is 10.7. The molecule has 13 rings (SSSR count). The van der Waals surface area contributed by atoms with E-state index >= 15 is 0 Å². The van der Waals surface area contributed by atoms with Crippen molar-refractivity contribution in [2.75, 3.05) is 4.90 Å². The van der Waals surface area contributed by atoms with E-state index in [1.165, 1.54) is 93.3 Å². The first-order valence-electron chi connectivity index (χ1n) is 19.3. The Labute approximate surface area is 317 Å². The Hall–Kier alpha value is -6.97. The molecule has 3 nitrogen and oxygen atoms in total. The molecule has 8 aromatic carbocycles. The van der Waals surface area contributed by atoms with E-state index in [0.29, 0.717) is 0 Å². The molecule has 1 aliphatic carbocycles. The molecule has 2 aromatic heterocycles. The van der Waals surface area contributed by atoms with E-state index in [1.54, 1.807) is 0 Å². The number of hydrogen-bond donors (Lipinski definition) is 0. The SMILES string of the molecule is CC12C=CC=C3c4ccccc4N(c4c1c1c(c5ccccc45)c4ccc5ccccc5c4n1-c1ccc4c(-c5ccccc5)cc5ncccc5c4c1)C32. The van der Waals surface area contributed by atoms with Crippen molar-refractivity contribution in [1.29, 1.82) is 0 Å². The van der Waals surface area contributed by atoms with E-state index in [-0.39, 0.29) is 11.5 Å². The Morgan fingerprint density at radius 3 is 2.25 bits per heavy atom. The molecule has 0 spiro atoms. The molecule has 0 N–H and O–H groups in total. The van der Waals surface area contributed by atoms with Crippen molar-refractivity contribution in [2.24, 2.45) is 0 Å². The molecule has 10 aromatic rings. The monoisotopic (exact) mass is 699 g/mol. The lowest BCUT2D eigenvalue weighted by Gasteiger charge is -2.33. The summed E-state index contributed by atoms with van der Waals surface area (Å²) in [6.45, 7) is 2.48. The molecule has 0 saturated carbocycles. The molecule has 0 amide bonds. The van der Waals surface area contributed by atoms with Crippen LogP contribution in [0.2, 0.25) is 0 Å². The standard InChI is InChI=1S/C52H33N3/c1-52-27-11-20-40-37-17-9-10-22-45(37)55(51(40)52)49-39-19-8-7-18-38(39)46-41-25-23-32-15-5-6-16-34(32)48(41)54(50(46)47(49)52)33-24-26-35-42(31-13-3-2-4-14-31)30-44-36(43(35)29-33)21-12-28-53-44/h2-30,51H,1H3. The fourth-order valence-electron chi connectivity index (χ4n) is 10.7. The zero-order valence-electron chi connectivity index (χ0n) is 30.2. The minimum Gasteiger partial charge on any atom is -0.331 e. The van der Waals surface area contributed by atoms with Crippen LogP contribution in [0.15, 0.2) is 176 Å². The van der Waals surface area contributed by atoms with Gasteiger partial charge < -0.3 is 9.47 Å². The van der Waals surface area contributed by atoms with Gasteiger partial charge >= 0.3 is 0 Å². The van der Waals surface area contributed by atoms with Crippen LogP contribution in [0.4, 0.5) is 11.4 Å². The van der Waals surface area contributed by atoms with Gasteiger partial charge in [-0.2, -0.15) is 0 Å². The summed E-state index contributed by atoms with van der Waals surface area (Å²) in [5.74, 6) is 0. The maximum absolute atomic E-state index is 4.90. The Kier molecular flexibility index (Phi) is 5.56. The van der Waals surface area contributed by atoms with Crippen LogP contribution in [0, 0.1) is 0 Å². The Morgan fingerprint density at radius 1 is 0.582 bits per heavy atom. The molecule has 0 fully saturated rings. The third-order valence-electron chi connectivity index (χ3n) is 12.9. The number of aromatic nitrogens is 2. The van der Waals surface area contributed by atoms with E-state index in [0.717, 1.165) is 16.6 Å². The van der Waals surface area contributed by atoms with Crippen molar-refractivity contribution in [3.63, 3.8) is 0 Å². The third-order valence-corrected chi connectivity index (χ3v) is 12.9. The number of benzene rings is 8. The Morgan fingerprint density at radius 2 is 1.35 bits per heavy atom. The minimum atomic E-state index is -0.281. The van der Waals surface area contributed by atoms with E-state index in [1.807, 2.05) is 6.20 Å². The number of pyridine rings is 1. The molecule has 0 radical (unpaired) electrons. The number of anilines is 2. The normalized spacial score (nSPS) is 18.2. The predicted molar refractivity (Wildman–Crippen MR) is 231 cm³/mol. The number of fused-ring (bicyclic) bond motifs is 18. The van der Waals surface area contributed by atoms with Gasteiger partial charge in [0.05, 0.1) is 28.3 Å². The van der Waals surface area contributed by atoms with Crippen molar-refractivity contribution in [3.05, 3.63) is 187 Å². The molecule has 0 saturated heterocycles. The number of allylic oxidation sites excluding steroid dienone is 2. The third kappa shape index (κ3) is 3.63. The van der Waals surface area contributed by atoms with Gasteiger partial charge in [-0.1, -0.05) is 140 Å². The van der Waals surface area contributed by atoms with Gasteiger partial charge in [0.2, 0.25) is 0 Å². The van der Waals surface area contributed by atoms with Crippen LogP contribution in [0.25, 0.3) is 87.4 Å². The molecule has 2 unspecified atom stereocenters. The van der Waals surface area contributed by atoms with Crippen LogP contribution < -0.4 is 4.90 Å². The zero-order chi connectivity index (χ0) is 36.0. The number of para-hydroxylation sites is 1. The van der Waals surface area contributed by atoms with Crippen molar-refractivity contribution in [3.8, 4) is 16.8 Å². The van der Waals surface area contributed by atoms with Crippen LogP contribution in [0.5, 0.6) is 0 Å². The first-order chi connectivity index (χ1) is 27.2. The summed E-state index contributed by atoms with van der Waals surface area (Å²) in [5, 5.41) is 11.3. The van der Waals surface area contributed by atoms with Gasteiger partial charge in [-0.05, 0) is 75.5 Å². The molecule has 4 heterocycles. The summed E-state index contributed by atoms with van der Waals surface area (Å²) in [5.41, 5.74) is 13.6. The first kappa shape index (κ1) is 29.5. The van der Waals surface area contributed by atoms with E-state index in [4.69, 9.17) is 4.98 Å². The summed E-state index contributed by atoms with van der Waals surface area (Å²) < 4.78 is 2.63. The maximum atomic E-state index is 4.90. The molecule has 256 valence electrons. The van der Waals surface area contributed by atoms with E-state index in [2.05, 4.69) is 186 Å². The fraction of sp³-hybridized carbons (Fsp3) is 0.0577. The van der Waals surface area contributed by atoms with Gasteiger partial charge in [0.15, 0.2) is 0 Å². The minimum absolute atomic E-state index is 0.169. The molecule has 55 heavy (non-hydrogen) atoms. The molecule has 0 bridgehead atoms. The molecule has 3 heteroatoms. The van der Waals surface area contributed by atoms with Crippen LogP contribution >= 0.6 is 0 Å². The van der Waals surface area contributed by atoms with Crippen LogP contribution in [-0.2, 0) is 5.41 Å². The van der Waals surface area contributed by atoms with Crippen LogP contribution in [0.3, 0.4) is 0 Å². The predicted octanol–water partition coefficient (Wildman–Crippen LogP) is 13.2. The van der Waals surface area contributed by atoms with Crippen molar-refractivity contribution in [2.45, 2.75) is 18.4 Å². The highest BCUT2D eigenvalue weighted by atomic mass is 15.2. The van der Waals surface area contributed by atoms with Crippen molar-refractivity contribution in [1.82, 2.24) is 9.55 Å². The summed E-state index contributed by atoms with van der Waals surface area (Å²) >= 11 is 0. The lowest BCUT2D eigenvalue weighted by atomic mass is 9.71. The quantitative estimate of drug-likeness (QED) is 0.168. The van der Waals surface area contributed by atoms with Crippen molar-refractivity contribution < 1.29 is 0 Å². The highest BCUT2D eigenvalue weighted by Gasteiger charge is 2.55. The summed E-state index contributed by atoms with van der Waals surface area (Å²) in [7, 11) is 0. The number of rotatable bonds is 2. The van der Waals surface area contributed by atoms with E-state index < -0.39 is 0 Å². The van der Waals surface area contributed by atoms with Gasteiger partial charge in [-0.3, -0.25) is 4.98 Å². The summed E-state index contributed by atoms with van der Waals surface area (Å²) in [4.78, 5) is 7.58. The molecular weight excluding hydrogens is 667 g/mol. The second-order valence-electron chi connectivity index (χ2n) is 15.7. The molecule has 2 atom stereocenters. The van der Waals surface area contributed by atoms with Crippen molar-refractivity contribution >= 4 is 82.0 Å². The highest BCUT2D eigenvalue weighted by molar-refractivity contribution is 6.30. The second-order valence-corrected chi connectivity index (χ2v) is 15.7. The number of nitrogens with zero attached hydrogens (tertiary/aromatic N) is 3. The maximum Gasteiger partial charge on any atom is 0.0729 e. The average molecular weight is 700 g/mol. The van der Waals surface area contributed by atoms with Crippen LogP contribution in [0.1, 0.15) is 18.1 Å². The van der Waals surface area contributed by atoms with Gasteiger partial charge in [0, 0.05) is 61.0 Å². The van der Waals surface area contributed by atoms with Crippen LogP contribution in [-0.4, -0.2) is 15.6 Å². The number of hydrogen-bond acceptors (Lipinski definition) is 2. The molecule has 3 aliphatic rings. The van der Waals surface area contributed by atoms with E-state index in [9.17, 15) is 0 Å². The average Bonchev–Trinajstić information content (AvgIpc) is 3.87. The lowest BCUT2D eigenvalue weighted by Crippen LogP contribution is -2.38. The largest absolute Gasteiger partial charge is 0.331 e. The summed E-state index contributed by atoms with van der Waals surface area (Å²) in [6.07, 6.45) is 9.05. The van der Waals surface area contributed by atoms with Gasteiger partial charge in [-0.15, -0.1) is 0 Å². The Bertz CT molecular complexity index is 3400. The molecule has 2 aliphatic heterocycles. The lowest BCUT2D eigenvalue weighted by molar-refractivity contribution is 0.573. The first-order valence-corrected chi connectivity index (χ1v) is 19.3. The topological polar surface area (TPSA) is 21.1 Å². The smallest absolute Gasteiger partial charge is 0.0729 e.